The Morgan fingerprint density at radius 1 is 1.00 bits per heavy atom. The molecule has 0 bridgehead atoms. The molecule has 30 heavy (non-hydrogen) atoms. The lowest BCUT2D eigenvalue weighted by molar-refractivity contribution is 0.305. The second-order valence-electron chi connectivity index (χ2n) is 8.26. The van der Waals surface area contributed by atoms with Crippen LogP contribution < -0.4 is 16.4 Å². The van der Waals surface area contributed by atoms with Gasteiger partial charge in [-0.15, -0.1) is 0 Å². The standard InChI is InChI=1S/C23H26N6O/c1-14-8-4-5-9-17(14)20-26-18-13-16(12-15(2)19(18)30-20)29-22(25)27-21(24)28-23(29)10-6-3-7-11-23/h4-5,8-9,12-13H,3,6-7,10-11H2,1-2H3,(H4,24,25,27,28). The number of rotatable bonds is 2. The maximum Gasteiger partial charge on any atom is 0.227 e. The fourth-order valence-corrected chi connectivity index (χ4v) is 4.73. The summed E-state index contributed by atoms with van der Waals surface area (Å²) in [6.07, 6.45) is 5.16. The Morgan fingerprint density at radius 3 is 2.53 bits per heavy atom. The number of nitrogens with two attached hydrogens (primary N) is 2. The largest absolute Gasteiger partial charge is 0.436 e. The third-order valence-electron chi connectivity index (χ3n) is 6.15. The second-order valence-corrected chi connectivity index (χ2v) is 8.26. The molecule has 2 aliphatic rings. The van der Waals surface area contributed by atoms with Crippen LogP contribution in [-0.4, -0.2) is 22.6 Å². The molecule has 1 spiro atoms. The van der Waals surface area contributed by atoms with E-state index >= 15 is 0 Å². The molecule has 1 aliphatic carbocycles. The normalized spacial score (nSPS) is 18.5. The number of anilines is 1. The molecule has 2 heterocycles. The SMILES string of the molecule is Cc1ccccc1-c1nc2cc(N3C(N)=NC(N)=NC34CCCCC4)cc(C)c2o1. The summed E-state index contributed by atoms with van der Waals surface area (Å²) in [7, 11) is 0. The lowest BCUT2D eigenvalue weighted by Gasteiger charge is -2.45. The van der Waals surface area contributed by atoms with E-state index in [4.69, 9.17) is 25.9 Å². The van der Waals surface area contributed by atoms with E-state index in [9.17, 15) is 0 Å². The number of hydrogen-bond acceptors (Lipinski definition) is 7. The molecule has 1 fully saturated rings. The molecule has 0 radical (unpaired) electrons. The first-order valence-corrected chi connectivity index (χ1v) is 10.4. The molecule has 1 aliphatic heterocycles. The molecule has 3 aromatic rings. The Balaban J connectivity index is 1.64. The van der Waals surface area contributed by atoms with Crippen LogP contribution >= 0.6 is 0 Å². The van der Waals surface area contributed by atoms with E-state index < -0.39 is 5.66 Å². The summed E-state index contributed by atoms with van der Waals surface area (Å²) in [5.41, 5.74) is 17.5. The highest BCUT2D eigenvalue weighted by Gasteiger charge is 2.42. The van der Waals surface area contributed by atoms with Crippen LogP contribution in [-0.2, 0) is 0 Å². The minimum Gasteiger partial charge on any atom is -0.436 e. The summed E-state index contributed by atoms with van der Waals surface area (Å²) in [5, 5.41) is 0. The number of guanidine groups is 2. The molecule has 1 saturated carbocycles. The fraction of sp³-hybridized carbons (Fsp3) is 0.348. The monoisotopic (exact) mass is 402 g/mol. The molecule has 7 heteroatoms. The number of aliphatic imine (C=N–C) groups is 2. The summed E-state index contributed by atoms with van der Waals surface area (Å²) in [5.74, 6) is 1.26. The third-order valence-corrected chi connectivity index (χ3v) is 6.15. The molecular weight excluding hydrogens is 376 g/mol. The van der Waals surface area contributed by atoms with E-state index in [1.165, 1.54) is 6.42 Å². The Bertz CT molecular complexity index is 1190. The first-order chi connectivity index (χ1) is 14.5. The summed E-state index contributed by atoms with van der Waals surface area (Å²) in [4.78, 5) is 15.9. The van der Waals surface area contributed by atoms with Crippen LogP contribution in [0.15, 0.2) is 50.8 Å². The van der Waals surface area contributed by atoms with Gasteiger partial charge in [0.15, 0.2) is 5.58 Å². The van der Waals surface area contributed by atoms with Crippen molar-refractivity contribution < 1.29 is 4.42 Å². The summed E-state index contributed by atoms with van der Waals surface area (Å²) >= 11 is 0. The quantitative estimate of drug-likeness (QED) is 0.667. The zero-order valence-corrected chi connectivity index (χ0v) is 17.4. The van der Waals surface area contributed by atoms with Crippen molar-refractivity contribution in [3.05, 3.63) is 47.5 Å². The van der Waals surface area contributed by atoms with Gasteiger partial charge in [-0.2, -0.15) is 4.99 Å². The van der Waals surface area contributed by atoms with E-state index in [0.29, 0.717) is 11.9 Å². The second kappa shape index (κ2) is 6.86. The Morgan fingerprint density at radius 2 is 1.77 bits per heavy atom. The Labute approximate surface area is 175 Å². The predicted octanol–water partition coefficient (Wildman–Crippen LogP) is 4.22. The highest BCUT2D eigenvalue weighted by atomic mass is 16.3. The highest BCUT2D eigenvalue weighted by molar-refractivity contribution is 6.06. The number of benzene rings is 2. The summed E-state index contributed by atoms with van der Waals surface area (Å²) < 4.78 is 6.15. The molecule has 0 amide bonds. The van der Waals surface area contributed by atoms with Crippen LogP contribution in [0.25, 0.3) is 22.6 Å². The number of aryl methyl sites for hydroxylation is 2. The molecule has 0 saturated heterocycles. The number of nitrogens with zero attached hydrogens (tertiary/aromatic N) is 4. The number of aromatic nitrogens is 1. The summed E-state index contributed by atoms with van der Waals surface area (Å²) in [6.45, 7) is 4.09. The van der Waals surface area contributed by atoms with E-state index in [0.717, 1.165) is 59.2 Å². The van der Waals surface area contributed by atoms with Crippen LogP contribution in [0.3, 0.4) is 0 Å². The van der Waals surface area contributed by atoms with Crippen LogP contribution in [0.5, 0.6) is 0 Å². The molecule has 2 aromatic carbocycles. The average Bonchev–Trinajstić information content (AvgIpc) is 3.13. The topological polar surface area (TPSA) is 106 Å². The van der Waals surface area contributed by atoms with Crippen molar-refractivity contribution in [2.75, 3.05) is 4.90 Å². The number of oxazole rings is 1. The van der Waals surface area contributed by atoms with Gasteiger partial charge in [-0.25, -0.2) is 9.98 Å². The van der Waals surface area contributed by atoms with Crippen molar-refractivity contribution in [2.24, 2.45) is 21.5 Å². The van der Waals surface area contributed by atoms with Crippen LogP contribution in [0.4, 0.5) is 5.69 Å². The van der Waals surface area contributed by atoms with Crippen LogP contribution in [0.1, 0.15) is 43.2 Å². The van der Waals surface area contributed by atoms with Gasteiger partial charge in [0.05, 0.1) is 0 Å². The van der Waals surface area contributed by atoms with E-state index in [1.807, 2.05) is 36.1 Å². The first kappa shape index (κ1) is 18.7. The Hall–Kier alpha value is -3.35. The molecule has 1 aromatic heterocycles. The van der Waals surface area contributed by atoms with Gasteiger partial charge in [-0.05, 0) is 68.9 Å². The third kappa shape index (κ3) is 2.93. The van der Waals surface area contributed by atoms with Gasteiger partial charge in [0.1, 0.15) is 11.2 Å². The van der Waals surface area contributed by atoms with Crippen LogP contribution in [0.2, 0.25) is 0 Å². The van der Waals surface area contributed by atoms with Crippen LogP contribution in [0, 0.1) is 13.8 Å². The van der Waals surface area contributed by atoms with Crippen molar-refractivity contribution in [1.82, 2.24) is 4.98 Å². The van der Waals surface area contributed by atoms with Crippen molar-refractivity contribution in [2.45, 2.75) is 51.6 Å². The lowest BCUT2D eigenvalue weighted by atomic mass is 9.87. The van der Waals surface area contributed by atoms with E-state index in [2.05, 4.69) is 24.0 Å². The molecule has 154 valence electrons. The maximum atomic E-state index is 6.39. The minimum absolute atomic E-state index is 0.256. The van der Waals surface area contributed by atoms with Gasteiger partial charge in [-0.3, -0.25) is 4.90 Å². The van der Waals surface area contributed by atoms with Crippen molar-refractivity contribution in [1.29, 1.82) is 0 Å². The van der Waals surface area contributed by atoms with Gasteiger partial charge < -0.3 is 15.9 Å². The summed E-state index contributed by atoms with van der Waals surface area (Å²) in [6, 6.07) is 12.2. The van der Waals surface area contributed by atoms with Crippen molar-refractivity contribution >= 4 is 28.7 Å². The van der Waals surface area contributed by atoms with E-state index in [-0.39, 0.29) is 5.96 Å². The number of hydrogen-bond donors (Lipinski definition) is 2. The Kier molecular flexibility index (Phi) is 4.27. The lowest BCUT2D eigenvalue weighted by Crippen LogP contribution is -2.58. The van der Waals surface area contributed by atoms with Gasteiger partial charge in [-0.1, -0.05) is 24.6 Å². The molecular formula is C23H26N6O. The predicted molar refractivity (Wildman–Crippen MR) is 120 cm³/mol. The molecule has 7 nitrogen and oxygen atoms in total. The zero-order valence-electron chi connectivity index (χ0n) is 17.4. The fourth-order valence-electron chi connectivity index (χ4n) is 4.73. The van der Waals surface area contributed by atoms with Gasteiger partial charge in [0, 0.05) is 11.3 Å². The van der Waals surface area contributed by atoms with Crippen molar-refractivity contribution in [3.8, 4) is 11.5 Å². The zero-order chi connectivity index (χ0) is 20.9. The van der Waals surface area contributed by atoms with Crippen molar-refractivity contribution in [3.63, 3.8) is 0 Å². The minimum atomic E-state index is -0.475. The molecule has 5 rings (SSSR count). The highest BCUT2D eigenvalue weighted by Crippen LogP contribution is 2.41. The average molecular weight is 403 g/mol. The molecule has 0 unspecified atom stereocenters. The van der Waals surface area contributed by atoms with Gasteiger partial charge >= 0.3 is 0 Å². The molecule has 0 atom stereocenters. The van der Waals surface area contributed by atoms with E-state index in [1.54, 1.807) is 0 Å². The maximum absolute atomic E-state index is 6.39. The molecule has 4 N–H and O–H groups in total. The van der Waals surface area contributed by atoms with Gasteiger partial charge in [0.25, 0.3) is 0 Å². The number of fused-ring (bicyclic) bond motifs is 1. The smallest absolute Gasteiger partial charge is 0.227 e. The van der Waals surface area contributed by atoms with Gasteiger partial charge in [0.2, 0.25) is 17.8 Å². The first-order valence-electron chi connectivity index (χ1n) is 10.4.